The molecule has 24 heavy (non-hydrogen) atoms. The SMILES string of the molecule is CCNC(=NCC1CCCCN1CC)NCCc1ncc(CC)s1. The molecule has 1 aliphatic rings. The van der Waals surface area contributed by atoms with Crippen LogP contribution in [0.4, 0.5) is 0 Å². The van der Waals surface area contributed by atoms with Crippen LogP contribution in [-0.4, -0.2) is 54.6 Å². The summed E-state index contributed by atoms with van der Waals surface area (Å²) in [5.41, 5.74) is 0. The Hall–Kier alpha value is -1.14. The Morgan fingerprint density at radius 2 is 2.21 bits per heavy atom. The number of aromatic nitrogens is 1. The summed E-state index contributed by atoms with van der Waals surface area (Å²) in [6.07, 6.45) is 7.98. The monoisotopic (exact) mass is 351 g/mol. The van der Waals surface area contributed by atoms with Gasteiger partial charge in [0.1, 0.15) is 0 Å². The highest BCUT2D eigenvalue weighted by Gasteiger charge is 2.20. The fraction of sp³-hybridized carbons (Fsp3) is 0.778. The number of nitrogens with one attached hydrogen (secondary N) is 2. The number of nitrogens with zero attached hydrogens (tertiary/aromatic N) is 3. The van der Waals surface area contributed by atoms with E-state index in [9.17, 15) is 0 Å². The van der Waals surface area contributed by atoms with Gasteiger partial charge in [0.2, 0.25) is 0 Å². The number of rotatable bonds is 8. The van der Waals surface area contributed by atoms with E-state index in [4.69, 9.17) is 4.99 Å². The van der Waals surface area contributed by atoms with Gasteiger partial charge in [-0.3, -0.25) is 9.89 Å². The average molecular weight is 352 g/mol. The molecule has 1 unspecified atom stereocenters. The molecule has 1 atom stereocenters. The Labute approximate surface area is 151 Å². The van der Waals surface area contributed by atoms with Gasteiger partial charge in [0.25, 0.3) is 0 Å². The number of likely N-dealkylation sites (tertiary alicyclic amines) is 1. The van der Waals surface area contributed by atoms with Crippen LogP contribution in [0.25, 0.3) is 0 Å². The fourth-order valence-electron chi connectivity index (χ4n) is 3.14. The Bertz CT molecular complexity index is 499. The average Bonchev–Trinajstić information content (AvgIpc) is 3.08. The summed E-state index contributed by atoms with van der Waals surface area (Å²) in [6, 6.07) is 0.602. The largest absolute Gasteiger partial charge is 0.357 e. The van der Waals surface area contributed by atoms with Gasteiger partial charge < -0.3 is 10.6 Å². The zero-order valence-corrected chi connectivity index (χ0v) is 16.3. The first kappa shape index (κ1) is 19.2. The van der Waals surface area contributed by atoms with Crippen LogP contribution in [0.1, 0.15) is 49.9 Å². The maximum Gasteiger partial charge on any atom is 0.191 e. The van der Waals surface area contributed by atoms with Crippen molar-refractivity contribution in [2.24, 2.45) is 4.99 Å². The smallest absolute Gasteiger partial charge is 0.191 e. The number of hydrogen-bond donors (Lipinski definition) is 2. The van der Waals surface area contributed by atoms with Crippen molar-refractivity contribution < 1.29 is 0 Å². The highest BCUT2D eigenvalue weighted by atomic mass is 32.1. The van der Waals surface area contributed by atoms with Gasteiger partial charge in [-0.15, -0.1) is 11.3 Å². The highest BCUT2D eigenvalue weighted by Crippen LogP contribution is 2.16. The minimum atomic E-state index is 0.602. The standard InChI is InChI=1S/C18H33N5S/c1-4-16-14-21-17(24-16)10-11-20-18(19-5-2)22-13-15-9-7-8-12-23(15)6-3/h14-15H,4-13H2,1-3H3,(H2,19,20,22). The molecule has 1 aromatic rings. The summed E-state index contributed by atoms with van der Waals surface area (Å²) >= 11 is 1.82. The molecular formula is C18H33N5S. The molecule has 2 N–H and O–H groups in total. The Balaban J connectivity index is 1.81. The molecule has 0 bridgehead atoms. The van der Waals surface area contributed by atoms with Crippen LogP contribution in [0.5, 0.6) is 0 Å². The minimum Gasteiger partial charge on any atom is -0.357 e. The van der Waals surface area contributed by atoms with Crippen LogP contribution in [0, 0.1) is 0 Å². The second kappa shape index (κ2) is 10.7. The molecule has 136 valence electrons. The molecule has 1 aromatic heterocycles. The maximum atomic E-state index is 4.82. The minimum absolute atomic E-state index is 0.602. The lowest BCUT2D eigenvalue weighted by molar-refractivity contribution is 0.161. The lowest BCUT2D eigenvalue weighted by atomic mass is 10.0. The molecule has 0 radical (unpaired) electrons. The van der Waals surface area contributed by atoms with Crippen LogP contribution in [0.15, 0.2) is 11.2 Å². The molecule has 1 aliphatic heterocycles. The highest BCUT2D eigenvalue weighted by molar-refractivity contribution is 7.11. The van der Waals surface area contributed by atoms with E-state index in [1.54, 1.807) is 0 Å². The summed E-state index contributed by atoms with van der Waals surface area (Å²) in [5.74, 6) is 0.936. The maximum absolute atomic E-state index is 4.82. The van der Waals surface area contributed by atoms with Crippen LogP contribution >= 0.6 is 11.3 Å². The molecule has 2 heterocycles. The van der Waals surface area contributed by atoms with E-state index in [-0.39, 0.29) is 0 Å². The van der Waals surface area contributed by atoms with Gasteiger partial charge in [-0.1, -0.05) is 20.3 Å². The first-order valence-corrected chi connectivity index (χ1v) is 10.3. The number of likely N-dealkylation sites (N-methyl/N-ethyl adjacent to an activating group) is 1. The predicted molar refractivity (Wildman–Crippen MR) is 104 cm³/mol. The number of hydrogen-bond acceptors (Lipinski definition) is 4. The van der Waals surface area contributed by atoms with E-state index in [0.717, 1.165) is 45.0 Å². The summed E-state index contributed by atoms with van der Waals surface area (Å²) in [7, 11) is 0. The third-order valence-corrected chi connectivity index (χ3v) is 5.74. The van der Waals surface area contributed by atoms with E-state index >= 15 is 0 Å². The number of aryl methyl sites for hydroxylation is 1. The molecule has 0 spiro atoms. The second-order valence-corrected chi connectivity index (χ2v) is 7.45. The molecule has 0 amide bonds. The van der Waals surface area contributed by atoms with Crippen molar-refractivity contribution in [3.63, 3.8) is 0 Å². The topological polar surface area (TPSA) is 52.6 Å². The molecule has 0 aromatic carbocycles. The van der Waals surface area contributed by atoms with Gasteiger partial charge >= 0.3 is 0 Å². The van der Waals surface area contributed by atoms with E-state index in [0.29, 0.717) is 6.04 Å². The van der Waals surface area contributed by atoms with Gasteiger partial charge in [-0.05, 0) is 39.3 Å². The van der Waals surface area contributed by atoms with Crippen molar-refractivity contribution in [1.82, 2.24) is 20.5 Å². The van der Waals surface area contributed by atoms with Crippen molar-refractivity contribution in [3.05, 3.63) is 16.1 Å². The molecule has 5 nitrogen and oxygen atoms in total. The van der Waals surface area contributed by atoms with E-state index < -0.39 is 0 Å². The van der Waals surface area contributed by atoms with Crippen LogP contribution in [0.3, 0.4) is 0 Å². The Morgan fingerprint density at radius 1 is 1.33 bits per heavy atom. The van der Waals surface area contributed by atoms with Crippen molar-refractivity contribution in [1.29, 1.82) is 0 Å². The predicted octanol–water partition coefficient (Wildman–Crippen LogP) is 2.68. The first-order chi connectivity index (χ1) is 11.8. The van der Waals surface area contributed by atoms with Crippen LogP contribution in [0.2, 0.25) is 0 Å². The van der Waals surface area contributed by atoms with Gasteiger partial charge in [0.15, 0.2) is 5.96 Å². The number of piperidine rings is 1. The van der Waals surface area contributed by atoms with E-state index in [2.05, 4.69) is 41.3 Å². The van der Waals surface area contributed by atoms with Crippen LogP contribution in [-0.2, 0) is 12.8 Å². The number of guanidine groups is 1. The zero-order valence-electron chi connectivity index (χ0n) is 15.5. The van der Waals surface area contributed by atoms with Gasteiger partial charge in [-0.25, -0.2) is 4.98 Å². The Morgan fingerprint density at radius 3 is 2.92 bits per heavy atom. The van der Waals surface area contributed by atoms with Crippen molar-refractivity contribution in [3.8, 4) is 0 Å². The van der Waals surface area contributed by atoms with Gasteiger partial charge in [-0.2, -0.15) is 0 Å². The summed E-state index contributed by atoms with van der Waals surface area (Å²) in [4.78, 5) is 13.2. The quantitative estimate of drug-likeness (QED) is 0.558. The molecule has 6 heteroatoms. The Kier molecular flexibility index (Phi) is 8.53. The molecule has 0 saturated carbocycles. The van der Waals surface area contributed by atoms with Crippen molar-refractivity contribution in [2.75, 3.05) is 32.7 Å². The molecular weight excluding hydrogens is 318 g/mol. The van der Waals surface area contributed by atoms with Crippen molar-refractivity contribution in [2.45, 2.75) is 58.9 Å². The summed E-state index contributed by atoms with van der Waals surface area (Å²) < 4.78 is 0. The molecule has 1 fully saturated rings. The summed E-state index contributed by atoms with van der Waals surface area (Å²) in [5, 5.41) is 8.02. The van der Waals surface area contributed by atoms with E-state index in [1.165, 1.54) is 35.7 Å². The number of thiazole rings is 1. The zero-order chi connectivity index (χ0) is 17.2. The van der Waals surface area contributed by atoms with Crippen molar-refractivity contribution >= 4 is 17.3 Å². The molecule has 0 aliphatic carbocycles. The van der Waals surface area contributed by atoms with E-state index in [1.807, 2.05) is 17.5 Å². The number of aliphatic imine (C=N–C) groups is 1. The molecule has 2 rings (SSSR count). The normalized spacial score (nSPS) is 19.5. The third kappa shape index (κ3) is 6.06. The van der Waals surface area contributed by atoms with Gasteiger partial charge in [0.05, 0.1) is 11.6 Å². The summed E-state index contributed by atoms with van der Waals surface area (Å²) in [6.45, 7) is 11.6. The lowest BCUT2D eigenvalue weighted by Crippen LogP contribution is -2.43. The second-order valence-electron chi connectivity index (χ2n) is 6.25. The van der Waals surface area contributed by atoms with Crippen LogP contribution < -0.4 is 10.6 Å². The van der Waals surface area contributed by atoms with Gasteiger partial charge in [0, 0.05) is 36.6 Å². The first-order valence-electron chi connectivity index (χ1n) is 9.46. The molecule has 1 saturated heterocycles. The lowest BCUT2D eigenvalue weighted by Gasteiger charge is -2.33. The third-order valence-electron chi connectivity index (χ3n) is 4.54. The fourth-order valence-corrected chi connectivity index (χ4v) is 4.00.